The Bertz CT molecular complexity index is 1180. The monoisotopic (exact) mass is 535 g/mol. The van der Waals surface area contributed by atoms with Gasteiger partial charge in [0.2, 0.25) is 5.82 Å². The molecule has 1 aliphatic rings. The van der Waals surface area contributed by atoms with E-state index in [0.29, 0.717) is 6.07 Å². The molecular weight excluding hydrogens is 508 g/mol. The van der Waals surface area contributed by atoms with Gasteiger partial charge < -0.3 is 25.3 Å². The topological polar surface area (TPSA) is 95.7 Å². The molecule has 1 aromatic heterocycles. The van der Waals surface area contributed by atoms with Crippen LogP contribution in [0.4, 0.5) is 32.0 Å². The molecule has 1 aromatic carbocycles. The van der Waals surface area contributed by atoms with E-state index in [-0.39, 0.29) is 17.9 Å². The van der Waals surface area contributed by atoms with Crippen LogP contribution >= 0.6 is 0 Å². The predicted molar refractivity (Wildman–Crippen MR) is 120 cm³/mol. The van der Waals surface area contributed by atoms with Crippen molar-refractivity contribution >= 4 is 11.6 Å². The normalized spacial score (nSPS) is 25.6. The van der Waals surface area contributed by atoms with Gasteiger partial charge in [-0.1, -0.05) is 13.0 Å². The van der Waals surface area contributed by atoms with Crippen LogP contribution in [0.3, 0.4) is 0 Å². The maximum absolute atomic E-state index is 14.6. The standard InChI is InChI=1S/C24H27F6N3O4/c1-11-17(12-6-7-13(25)18(27)19(12)36-5)20(37-23(11,3)24(28,29)30)21(34)33-15-8-16(32-9-14(15)26)22(2,31)10-35-4/h6-9,11,17,20H,10,31H2,1-5H3,(H,32,33,34)/t11-,17-,20+,22+,23+/m0/s1. The van der Waals surface area contributed by atoms with Crippen molar-refractivity contribution in [3.05, 3.63) is 53.1 Å². The number of rotatable bonds is 7. The number of halogens is 6. The van der Waals surface area contributed by atoms with E-state index in [1.807, 2.05) is 0 Å². The van der Waals surface area contributed by atoms with E-state index in [4.69, 9.17) is 19.9 Å². The van der Waals surface area contributed by atoms with Crippen LogP contribution in [0.1, 0.15) is 37.9 Å². The molecule has 0 bridgehead atoms. The van der Waals surface area contributed by atoms with Gasteiger partial charge in [0, 0.05) is 24.5 Å². The Morgan fingerprint density at radius 3 is 2.43 bits per heavy atom. The highest BCUT2D eigenvalue weighted by molar-refractivity contribution is 5.95. The summed E-state index contributed by atoms with van der Waals surface area (Å²) in [6, 6.07) is 2.87. The summed E-state index contributed by atoms with van der Waals surface area (Å²) >= 11 is 0. The first-order valence-corrected chi connectivity index (χ1v) is 11.1. The van der Waals surface area contributed by atoms with Crippen molar-refractivity contribution in [2.45, 2.75) is 50.1 Å². The Balaban J connectivity index is 2.08. The molecule has 37 heavy (non-hydrogen) atoms. The summed E-state index contributed by atoms with van der Waals surface area (Å²) in [5.41, 5.74) is 1.58. The van der Waals surface area contributed by atoms with Gasteiger partial charge in [0.05, 0.1) is 36.8 Å². The van der Waals surface area contributed by atoms with Crippen molar-refractivity contribution < 1.29 is 45.3 Å². The van der Waals surface area contributed by atoms with Gasteiger partial charge in [-0.05, 0) is 26.0 Å². The van der Waals surface area contributed by atoms with E-state index in [2.05, 4.69) is 10.3 Å². The van der Waals surface area contributed by atoms with Gasteiger partial charge in [-0.15, -0.1) is 0 Å². The summed E-state index contributed by atoms with van der Waals surface area (Å²) in [6.07, 6.45) is -6.04. The van der Waals surface area contributed by atoms with E-state index in [1.165, 1.54) is 14.0 Å². The zero-order valence-corrected chi connectivity index (χ0v) is 20.7. The van der Waals surface area contributed by atoms with Crippen molar-refractivity contribution in [3.63, 3.8) is 0 Å². The van der Waals surface area contributed by atoms with Crippen LogP contribution in [0.2, 0.25) is 0 Å². The van der Waals surface area contributed by atoms with Gasteiger partial charge >= 0.3 is 6.18 Å². The molecule has 1 amide bonds. The summed E-state index contributed by atoms with van der Waals surface area (Å²) in [7, 11) is 2.40. The van der Waals surface area contributed by atoms with Crippen LogP contribution < -0.4 is 15.8 Å². The molecule has 0 spiro atoms. The third kappa shape index (κ3) is 5.12. The molecule has 5 atom stereocenters. The molecule has 1 aliphatic heterocycles. The number of carbonyl (C=O) groups is 1. The van der Waals surface area contributed by atoms with Gasteiger partial charge in [0.1, 0.15) is 6.10 Å². The number of amides is 1. The quantitative estimate of drug-likeness (QED) is 0.511. The lowest BCUT2D eigenvalue weighted by atomic mass is 9.77. The fraction of sp³-hybridized carbons (Fsp3) is 0.500. The SMILES string of the molecule is COC[C@@](C)(N)c1cc(NC(=O)[C@@H]2O[C@@](C)(C(F)(F)F)[C@@H](C)[C@H]2c2ccc(F)c(F)c2OC)c(F)cn1. The van der Waals surface area contributed by atoms with Crippen LogP contribution in [-0.2, 0) is 19.8 Å². The number of anilines is 1. The Morgan fingerprint density at radius 1 is 1.22 bits per heavy atom. The van der Waals surface area contributed by atoms with E-state index in [9.17, 15) is 31.1 Å². The van der Waals surface area contributed by atoms with E-state index >= 15 is 0 Å². The minimum absolute atomic E-state index is 0.00972. The third-order valence-electron chi connectivity index (χ3n) is 6.71. The molecule has 3 N–H and O–H groups in total. The summed E-state index contributed by atoms with van der Waals surface area (Å²) in [6.45, 7) is 3.45. The predicted octanol–water partition coefficient (Wildman–Crippen LogP) is 4.41. The number of hydrogen-bond acceptors (Lipinski definition) is 6. The number of aromatic nitrogens is 1. The lowest BCUT2D eigenvalue weighted by Gasteiger charge is -2.32. The van der Waals surface area contributed by atoms with E-state index < -0.39 is 70.1 Å². The number of alkyl halides is 3. The molecule has 204 valence electrons. The fourth-order valence-electron chi connectivity index (χ4n) is 4.46. The molecule has 2 heterocycles. The number of ether oxygens (including phenoxy) is 3. The van der Waals surface area contributed by atoms with Crippen molar-refractivity contribution in [1.82, 2.24) is 4.98 Å². The molecule has 3 rings (SSSR count). The first-order chi connectivity index (χ1) is 17.1. The molecule has 7 nitrogen and oxygen atoms in total. The molecule has 0 saturated carbocycles. The maximum atomic E-state index is 14.6. The summed E-state index contributed by atoms with van der Waals surface area (Å²) in [5, 5.41) is 2.23. The largest absolute Gasteiger partial charge is 0.493 e. The molecule has 2 aromatic rings. The zero-order chi connectivity index (χ0) is 27.9. The summed E-state index contributed by atoms with van der Waals surface area (Å²) in [5.74, 6) is -8.45. The van der Waals surface area contributed by atoms with Gasteiger partial charge in [-0.25, -0.2) is 8.78 Å². The van der Waals surface area contributed by atoms with Gasteiger partial charge in [-0.2, -0.15) is 17.6 Å². The Hall–Kier alpha value is -2.90. The second-order valence-corrected chi connectivity index (χ2v) is 9.33. The highest BCUT2D eigenvalue weighted by atomic mass is 19.4. The summed E-state index contributed by atoms with van der Waals surface area (Å²) < 4.78 is 100. The Morgan fingerprint density at radius 2 is 1.86 bits per heavy atom. The van der Waals surface area contributed by atoms with Crippen LogP contribution in [-0.4, -0.2) is 49.6 Å². The fourth-order valence-corrected chi connectivity index (χ4v) is 4.46. The number of benzene rings is 1. The van der Waals surface area contributed by atoms with Crippen molar-refractivity contribution in [1.29, 1.82) is 0 Å². The number of nitrogens with two attached hydrogens (primary N) is 1. The second kappa shape index (κ2) is 10.1. The average molecular weight is 535 g/mol. The molecule has 0 aliphatic carbocycles. The van der Waals surface area contributed by atoms with Crippen LogP contribution in [0.5, 0.6) is 5.75 Å². The number of nitrogens with zero attached hydrogens (tertiary/aromatic N) is 1. The van der Waals surface area contributed by atoms with E-state index in [0.717, 1.165) is 32.4 Å². The lowest BCUT2D eigenvalue weighted by Crippen LogP contribution is -2.47. The molecule has 1 fully saturated rings. The third-order valence-corrected chi connectivity index (χ3v) is 6.71. The smallest absolute Gasteiger partial charge is 0.417 e. The van der Waals surface area contributed by atoms with Gasteiger partial charge in [-0.3, -0.25) is 9.78 Å². The van der Waals surface area contributed by atoms with E-state index in [1.54, 1.807) is 6.92 Å². The van der Waals surface area contributed by atoms with Crippen LogP contribution in [0.25, 0.3) is 0 Å². The molecule has 0 unspecified atom stereocenters. The zero-order valence-electron chi connectivity index (χ0n) is 20.7. The van der Waals surface area contributed by atoms with Crippen molar-refractivity contribution in [3.8, 4) is 5.75 Å². The molecular formula is C24H27F6N3O4. The summed E-state index contributed by atoms with van der Waals surface area (Å²) in [4.78, 5) is 17.2. The van der Waals surface area contributed by atoms with Crippen molar-refractivity contribution in [2.24, 2.45) is 11.7 Å². The van der Waals surface area contributed by atoms with Crippen LogP contribution in [0.15, 0.2) is 24.4 Å². The number of carbonyl (C=O) groups excluding carboxylic acids is 1. The maximum Gasteiger partial charge on any atom is 0.417 e. The first kappa shape index (κ1) is 28.7. The minimum atomic E-state index is -4.94. The Labute approximate surface area is 209 Å². The molecule has 1 saturated heterocycles. The van der Waals surface area contributed by atoms with Crippen molar-refractivity contribution in [2.75, 3.05) is 26.1 Å². The van der Waals surface area contributed by atoms with Gasteiger partial charge in [0.25, 0.3) is 5.91 Å². The molecule has 0 radical (unpaired) electrons. The highest BCUT2D eigenvalue weighted by Crippen LogP contribution is 2.55. The second-order valence-electron chi connectivity index (χ2n) is 9.33. The number of nitrogens with one attached hydrogen (secondary N) is 1. The first-order valence-electron chi connectivity index (χ1n) is 11.1. The molecule has 13 heteroatoms. The number of methoxy groups -OCH3 is 2. The minimum Gasteiger partial charge on any atom is -0.493 e. The van der Waals surface area contributed by atoms with Crippen LogP contribution in [0, 0.1) is 23.4 Å². The highest BCUT2D eigenvalue weighted by Gasteiger charge is 2.66. The number of pyridine rings is 1. The number of hydrogen-bond donors (Lipinski definition) is 2. The van der Waals surface area contributed by atoms with Gasteiger partial charge in [0.15, 0.2) is 23.0 Å². The Kier molecular flexibility index (Phi) is 7.83. The average Bonchev–Trinajstić information content (AvgIpc) is 3.08. The lowest BCUT2D eigenvalue weighted by molar-refractivity contribution is -0.272.